The average molecular weight is 577 g/mol. The van der Waals surface area contributed by atoms with Crippen LogP contribution in [0.2, 0.25) is 0 Å². The van der Waals surface area contributed by atoms with Gasteiger partial charge in [-0.3, -0.25) is 0 Å². The third kappa shape index (κ3) is 3.61. The highest BCUT2D eigenvalue weighted by Gasteiger charge is 2.46. The summed E-state index contributed by atoms with van der Waals surface area (Å²) in [5.74, 6) is 1.88. The van der Waals surface area contributed by atoms with E-state index in [0.717, 1.165) is 11.5 Å². The maximum Gasteiger partial charge on any atom is 0.132 e. The lowest BCUT2D eigenvalue weighted by molar-refractivity contribution is 0.419. The van der Waals surface area contributed by atoms with Crippen LogP contribution in [-0.2, 0) is 10.8 Å². The molecular formula is C44H32O. The maximum absolute atomic E-state index is 6.47. The van der Waals surface area contributed by atoms with Crippen molar-refractivity contribution in [3.63, 3.8) is 0 Å². The van der Waals surface area contributed by atoms with E-state index in [1.54, 1.807) is 0 Å². The Labute approximate surface area is 264 Å². The molecule has 9 rings (SSSR count). The van der Waals surface area contributed by atoms with Gasteiger partial charge in [0.1, 0.15) is 11.5 Å². The molecule has 0 spiro atoms. The van der Waals surface area contributed by atoms with Crippen molar-refractivity contribution < 1.29 is 4.74 Å². The van der Waals surface area contributed by atoms with Crippen molar-refractivity contribution in [2.24, 2.45) is 0 Å². The Balaban J connectivity index is 1.27. The van der Waals surface area contributed by atoms with Crippen molar-refractivity contribution in [1.82, 2.24) is 0 Å². The van der Waals surface area contributed by atoms with Crippen LogP contribution < -0.4 is 4.74 Å². The van der Waals surface area contributed by atoms with Crippen molar-refractivity contribution in [3.05, 3.63) is 191 Å². The predicted molar refractivity (Wildman–Crippen MR) is 185 cm³/mol. The number of rotatable bonds is 3. The van der Waals surface area contributed by atoms with Crippen molar-refractivity contribution in [1.29, 1.82) is 0 Å². The molecule has 0 saturated heterocycles. The lowest BCUT2D eigenvalue weighted by atomic mass is 9.67. The van der Waals surface area contributed by atoms with Gasteiger partial charge in [0.15, 0.2) is 0 Å². The van der Waals surface area contributed by atoms with E-state index >= 15 is 0 Å². The fourth-order valence-corrected chi connectivity index (χ4v) is 8.17. The zero-order valence-corrected chi connectivity index (χ0v) is 25.4. The summed E-state index contributed by atoms with van der Waals surface area (Å²) >= 11 is 0. The molecular weight excluding hydrogens is 544 g/mol. The predicted octanol–water partition coefficient (Wildman–Crippen LogP) is 11.3. The fourth-order valence-electron chi connectivity index (χ4n) is 8.17. The SMILES string of the molecule is CC1(C)c2ccccc2Oc2cccc(-c3ccc(C4(c5ccccc5)c5ccccc5-c5cc6ccccc6cc54)cc3)c21. The van der Waals surface area contributed by atoms with Crippen LogP contribution in [-0.4, -0.2) is 0 Å². The first-order valence-electron chi connectivity index (χ1n) is 15.8. The zero-order valence-electron chi connectivity index (χ0n) is 25.4. The van der Waals surface area contributed by atoms with Crippen LogP contribution in [0.5, 0.6) is 11.5 Å². The molecule has 2 aliphatic rings. The zero-order chi connectivity index (χ0) is 30.2. The van der Waals surface area contributed by atoms with Crippen molar-refractivity contribution >= 4 is 10.8 Å². The highest BCUT2D eigenvalue weighted by Crippen LogP contribution is 2.57. The lowest BCUT2D eigenvalue weighted by Crippen LogP contribution is -2.28. The molecule has 1 unspecified atom stereocenters. The van der Waals surface area contributed by atoms with Gasteiger partial charge in [0, 0.05) is 16.5 Å². The van der Waals surface area contributed by atoms with Gasteiger partial charge in [-0.2, -0.15) is 0 Å². The minimum Gasteiger partial charge on any atom is -0.457 e. The second-order valence-corrected chi connectivity index (χ2v) is 12.9. The molecule has 0 fully saturated rings. The standard InChI is InChI=1S/C44H32O/c1-43(2)38-20-10-11-21-40(38)45-41-22-12-18-34(42(41)43)29-23-25-33(26-24-29)44(32-15-4-3-5-16-32)37-19-9-8-17-35(37)36-27-30-13-6-7-14-31(30)28-39(36)44/h3-28H,1-2H3. The summed E-state index contributed by atoms with van der Waals surface area (Å²) in [4.78, 5) is 0. The van der Waals surface area contributed by atoms with Crippen molar-refractivity contribution in [2.75, 3.05) is 0 Å². The molecule has 214 valence electrons. The molecule has 1 aliphatic carbocycles. The molecule has 0 bridgehead atoms. The van der Waals surface area contributed by atoms with Gasteiger partial charge in [-0.25, -0.2) is 0 Å². The summed E-state index contributed by atoms with van der Waals surface area (Å²) in [5, 5.41) is 2.53. The molecule has 1 nitrogen and oxygen atoms in total. The van der Waals surface area contributed by atoms with Crippen LogP contribution in [0.1, 0.15) is 47.2 Å². The minimum atomic E-state index is -0.437. The number of hydrogen-bond acceptors (Lipinski definition) is 1. The van der Waals surface area contributed by atoms with Gasteiger partial charge in [-0.1, -0.05) is 147 Å². The number of para-hydroxylation sites is 1. The molecule has 0 saturated carbocycles. The molecule has 7 aromatic carbocycles. The highest BCUT2D eigenvalue weighted by atomic mass is 16.5. The van der Waals surface area contributed by atoms with E-state index in [2.05, 4.69) is 166 Å². The van der Waals surface area contributed by atoms with Gasteiger partial charge < -0.3 is 4.74 Å². The summed E-state index contributed by atoms with van der Waals surface area (Å²) in [6, 6.07) is 57.8. The van der Waals surface area contributed by atoms with E-state index < -0.39 is 5.41 Å². The Bertz CT molecular complexity index is 2260. The Morgan fingerprint density at radius 3 is 1.82 bits per heavy atom. The van der Waals surface area contributed by atoms with E-state index in [1.165, 1.54) is 66.4 Å². The smallest absolute Gasteiger partial charge is 0.132 e. The van der Waals surface area contributed by atoms with Crippen molar-refractivity contribution in [2.45, 2.75) is 24.7 Å². The molecule has 1 heteroatoms. The molecule has 0 N–H and O–H groups in total. The quantitative estimate of drug-likeness (QED) is 0.203. The van der Waals surface area contributed by atoms with E-state index in [0.29, 0.717) is 0 Å². The Morgan fingerprint density at radius 2 is 1.02 bits per heavy atom. The first kappa shape index (κ1) is 26.0. The topological polar surface area (TPSA) is 9.23 Å². The largest absolute Gasteiger partial charge is 0.457 e. The third-order valence-corrected chi connectivity index (χ3v) is 10.2. The number of benzene rings is 7. The fraction of sp³-hybridized carbons (Fsp3) is 0.0909. The number of ether oxygens (including phenoxy) is 1. The lowest BCUT2D eigenvalue weighted by Gasteiger charge is -2.36. The van der Waals surface area contributed by atoms with Gasteiger partial charge in [0.2, 0.25) is 0 Å². The summed E-state index contributed by atoms with van der Waals surface area (Å²) in [6.07, 6.45) is 0. The third-order valence-electron chi connectivity index (χ3n) is 10.2. The number of fused-ring (bicyclic) bond motifs is 6. The normalized spacial score (nSPS) is 17.1. The molecule has 45 heavy (non-hydrogen) atoms. The molecule has 0 amide bonds. The van der Waals surface area contributed by atoms with Crippen LogP contribution in [0.25, 0.3) is 33.0 Å². The minimum absolute atomic E-state index is 0.199. The van der Waals surface area contributed by atoms with E-state index in [1.807, 2.05) is 6.07 Å². The highest BCUT2D eigenvalue weighted by molar-refractivity contribution is 5.96. The monoisotopic (exact) mass is 576 g/mol. The Morgan fingerprint density at radius 1 is 0.422 bits per heavy atom. The van der Waals surface area contributed by atoms with Gasteiger partial charge in [-0.15, -0.1) is 0 Å². The molecule has 0 aromatic heterocycles. The molecule has 7 aromatic rings. The van der Waals surface area contributed by atoms with E-state index in [-0.39, 0.29) is 5.41 Å². The van der Waals surface area contributed by atoms with Crippen LogP contribution >= 0.6 is 0 Å². The number of hydrogen-bond donors (Lipinski definition) is 0. The Kier molecular flexibility index (Phi) is 5.53. The van der Waals surface area contributed by atoms with Crippen LogP contribution in [0.15, 0.2) is 158 Å². The maximum atomic E-state index is 6.47. The molecule has 1 aliphatic heterocycles. The van der Waals surface area contributed by atoms with Gasteiger partial charge in [0.25, 0.3) is 0 Å². The van der Waals surface area contributed by atoms with Crippen LogP contribution in [0.4, 0.5) is 0 Å². The Hall–Kier alpha value is -5.40. The van der Waals surface area contributed by atoms with E-state index in [9.17, 15) is 0 Å². The molecule has 0 radical (unpaired) electrons. The summed E-state index contributed by atoms with van der Waals surface area (Å²) < 4.78 is 6.47. The van der Waals surface area contributed by atoms with E-state index in [4.69, 9.17) is 4.74 Å². The second kappa shape index (κ2) is 9.55. The van der Waals surface area contributed by atoms with Crippen LogP contribution in [0, 0.1) is 0 Å². The van der Waals surface area contributed by atoms with Gasteiger partial charge in [0.05, 0.1) is 5.41 Å². The first-order valence-corrected chi connectivity index (χ1v) is 15.8. The molecule has 1 heterocycles. The van der Waals surface area contributed by atoms with Gasteiger partial charge >= 0.3 is 0 Å². The van der Waals surface area contributed by atoms with Crippen molar-refractivity contribution in [3.8, 4) is 33.8 Å². The summed E-state index contributed by atoms with van der Waals surface area (Å²) in [6.45, 7) is 4.62. The first-order chi connectivity index (χ1) is 22.1. The summed E-state index contributed by atoms with van der Waals surface area (Å²) in [5.41, 5.74) is 12.1. The van der Waals surface area contributed by atoms with Crippen LogP contribution in [0.3, 0.4) is 0 Å². The second-order valence-electron chi connectivity index (χ2n) is 12.9. The molecule has 1 atom stereocenters. The van der Waals surface area contributed by atoms with Gasteiger partial charge in [-0.05, 0) is 79.5 Å². The average Bonchev–Trinajstić information content (AvgIpc) is 3.37. The summed E-state index contributed by atoms with van der Waals surface area (Å²) in [7, 11) is 0.